The van der Waals surface area contributed by atoms with Crippen LogP contribution >= 0.6 is 27.3 Å². The molecule has 1 heterocycles. The molecule has 0 amide bonds. The SMILES string of the molecule is Nc1cc(CBr)c2sc(O)cc2c1. The fourth-order valence-corrected chi connectivity index (χ4v) is 2.86. The summed E-state index contributed by atoms with van der Waals surface area (Å²) in [6.45, 7) is 0. The summed E-state index contributed by atoms with van der Waals surface area (Å²) >= 11 is 4.77. The Bertz CT molecular complexity index is 452. The number of alkyl halides is 1. The van der Waals surface area contributed by atoms with E-state index in [2.05, 4.69) is 15.9 Å². The lowest BCUT2D eigenvalue weighted by atomic mass is 10.1. The van der Waals surface area contributed by atoms with Crippen molar-refractivity contribution in [2.24, 2.45) is 0 Å². The van der Waals surface area contributed by atoms with Crippen molar-refractivity contribution in [1.29, 1.82) is 0 Å². The first-order valence-electron chi connectivity index (χ1n) is 3.77. The summed E-state index contributed by atoms with van der Waals surface area (Å²) in [7, 11) is 0. The molecule has 2 rings (SSSR count). The Balaban J connectivity index is 2.80. The number of hydrogen-bond donors (Lipinski definition) is 2. The van der Waals surface area contributed by atoms with Crippen molar-refractivity contribution in [2.45, 2.75) is 5.33 Å². The summed E-state index contributed by atoms with van der Waals surface area (Å²) in [5.41, 5.74) is 7.57. The van der Waals surface area contributed by atoms with Crippen LogP contribution in [0, 0.1) is 0 Å². The minimum Gasteiger partial charge on any atom is -0.499 e. The molecule has 0 aliphatic carbocycles. The molecule has 0 atom stereocenters. The second kappa shape index (κ2) is 3.20. The smallest absolute Gasteiger partial charge is 0.172 e. The van der Waals surface area contributed by atoms with E-state index in [1.807, 2.05) is 12.1 Å². The number of halogens is 1. The molecule has 0 saturated carbocycles. The van der Waals surface area contributed by atoms with Crippen LogP contribution in [0.25, 0.3) is 10.1 Å². The Morgan fingerprint density at radius 3 is 2.85 bits per heavy atom. The predicted molar refractivity (Wildman–Crippen MR) is 60.5 cm³/mol. The summed E-state index contributed by atoms with van der Waals surface area (Å²) < 4.78 is 1.10. The van der Waals surface area contributed by atoms with Crippen LogP contribution in [0.15, 0.2) is 18.2 Å². The summed E-state index contributed by atoms with van der Waals surface area (Å²) in [6.07, 6.45) is 0. The van der Waals surface area contributed by atoms with Gasteiger partial charge in [-0.2, -0.15) is 0 Å². The average molecular weight is 258 g/mol. The maximum Gasteiger partial charge on any atom is 0.172 e. The number of thiophene rings is 1. The van der Waals surface area contributed by atoms with Gasteiger partial charge in [0.2, 0.25) is 0 Å². The van der Waals surface area contributed by atoms with Gasteiger partial charge in [0.15, 0.2) is 5.06 Å². The summed E-state index contributed by atoms with van der Waals surface area (Å²) in [5, 5.41) is 11.4. The third-order valence-corrected chi connectivity index (χ3v) is 3.48. The largest absolute Gasteiger partial charge is 0.499 e. The highest BCUT2D eigenvalue weighted by atomic mass is 79.9. The van der Waals surface area contributed by atoms with Crippen LogP contribution in [-0.2, 0) is 5.33 Å². The highest BCUT2D eigenvalue weighted by Crippen LogP contribution is 2.35. The molecule has 0 fully saturated rings. The first-order valence-corrected chi connectivity index (χ1v) is 5.71. The van der Waals surface area contributed by atoms with Crippen molar-refractivity contribution in [2.75, 3.05) is 5.73 Å². The molecule has 0 unspecified atom stereocenters. The van der Waals surface area contributed by atoms with Crippen molar-refractivity contribution in [3.63, 3.8) is 0 Å². The molecule has 68 valence electrons. The molecule has 13 heavy (non-hydrogen) atoms. The molecule has 0 saturated heterocycles. The molecule has 3 N–H and O–H groups in total. The van der Waals surface area contributed by atoms with Gasteiger partial charge in [-0.3, -0.25) is 0 Å². The van der Waals surface area contributed by atoms with E-state index in [0.29, 0.717) is 5.06 Å². The van der Waals surface area contributed by atoms with Crippen LogP contribution in [0.5, 0.6) is 5.06 Å². The number of fused-ring (bicyclic) bond motifs is 1. The van der Waals surface area contributed by atoms with Gasteiger partial charge in [0.05, 0.1) is 0 Å². The molecule has 4 heteroatoms. The lowest BCUT2D eigenvalue weighted by Crippen LogP contribution is -1.86. The Kier molecular flexibility index (Phi) is 2.17. The maximum absolute atomic E-state index is 9.33. The van der Waals surface area contributed by atoms with Gasteiger partial charge in [0.25, 0.3) is 0 Å². The summed E-state index contributed by atoms with van der Waals surface area (Å²) in [6, 6.07) is 5.53. The lowest BCUT2D eigenvalue weighted by Gasteiger charge is -1.99. The first kappa shape index (κ1) is 8.84. The average Bonchev–Trinajstić information content (AvgIpc) is 2.43. The molecule has 0 aliphatic rings. The number of nitrogen functional groups attached to an aromatic ring is 1. The van der Waals surface area contributed by atoms with Crippen LogP contribution < -0.4 is 5.73 Å². The Morgan fingerprint density at radius 1 is 1.38 bits per heavy atom. The highest BCUT2D eigenvalue weighted by Gasteiger charge is 2.05. The van der Waals surface area contributed by atoms with Crippen molar-refractivity contribution < 1.29 is 5.11 Å². The topological polar surface area (TPSA) is 46.2 Å². The number of hydrogen-bond acceptors (Lipinski definition) is 3. The molecular weight excluding hydrogens is 250 g/mol. The summed E-state index contributed by atoms with van der Waals surface area (Å²) in [4.78, 5) is 0. The van der Waals surface area contributed by atoms with Gasteiger partial charge in [-0.05, 0) is 29.1 Å². The van der Waals surface area contributed by atoms with Crippen LogP contribution in [0.3, 0.4) is 0 Å². The van der Waals surface area contributed by atoms with Crippen LogP contribution in [-0.4, -0.2) is 5.11 Å². The van der Waals surface area contributed by atoms with Crippen molar-refractivity contribution in [3.8, 4) is 5.06 Å². The monoisotopic (exact) mass is 257 g/mol. The number of benzene rings is 1. The fourth-order valence-electron chi connectivity index (χ4n) is 1.34. The van der Waals surface area contributed by atoms with E-state index in [0.717, 1.165) is 26.7 Å². The Hall–Kier alpha value is -0.740. The molecule has 2 aromatic rings. The zero-order valence-electron chi connectivity index (χ0n) is 6.75. The molecule has 0 bridgehead atoms. The minimum atomic E-state index is 0.336. The quantitative estimate of drug-likeness (QED) is 0.610. The number of nitrogens with two attached hydrogens (primary N) is 1. The van der Waals surface area contributed by atoms with Gasteiger partial charge in [-0.25, -0.2) is 0 Å². The van der Waals surface area contributed by atoms with Gasteiger partial charge >= 0.3 is 0 Å². The predicted octanol–water partition coefficient (Wildman–Crippen LogP) is 3.08. The van der Waals surface area contributed by atoms with Gasteiger partial charge in [-0.1, -0.05) is 27.3 Å². The van der Waals surface area contributed by atoms with E-state index in [1.165, 1.54) is 11.3 Å². The maximum atomic E-state index is 9.33. The lowest BCUT2D eigenvalue weighted by molar-refractivity contribution is 0.491. The number of anilines is 1. The van der Waals surface area contributed by atoms with E-state index in [1.54, 1.807) is 6.07 Å². The number of aromatic hydroxyl groups is 1. The van der Waals surface area contributed by atoms with E-state index in [9.17, 15) is 5.11 Å². The zero-order valence-corrected chi connectivity index (χ0v) is 9.15. The third-order valence-electron chi connectivity index (χ3n) is 1.85. The van der Waals surface area contributed by atoms with Crippen LogP contribution in [0.1, 0.15) is 5.56 Å². The zero-order chi connectivity index (χ0) is 9.42. The second-order valence-electron chi connectivity index (χ2n) is 2.82. The molecule has 1 aromatic carbocycles. The van der Waals surface area contributed by atoms with E-state index in [4.69, 9.17) is 5.73 Å². The fraction of sp³-hybridized carbons (Fsp3) is 0.111. The van der Waals surface area contributed by atoms with Crippen LogP contribution in [0.2, 0.25) is 0 Å². The highest BCUT2D eigenvalue weighted by molar-refractivity contribution is 9.08. The molecule has 0 spiro atoms. The van der Waals surface area contributed by atoms with E-state index >= 15 is 0 Å². The van der Waals surface area contributed by atoms with E-state index < -0.39 is 0 Å². The molecule has 1 aromatic heterocycles. The minimum absolute atomic E-state index is 0.336. The van der Waals surface area contributed by atoms with Gasteiger partial charge in [0, 0.05) is 15.7 Å². The van der Waals surface area contributed by atoms with Gasteiger partial charge < -0.3 is 10.8 Å². The molecule has 0 aliphatic heterocycles. The molecular formula is C9H8BrNOS. The Labute approximate surface area is 88.1 Å². The first-order chi connectivity index (χ1) is 6.20. The summed E-state index contributed by atoms with van der Waals surface area (Å²) in [5.74, 6) is 0. The number of rotatable bonds is 1. The normalized spacial score (nSPS) is 10.8. The van der Waals surface area contributed by atoms with Gasteiger partial charge in [0.1, 0.15) is 0 Å². The third kappa shape index (κ3) is 1.51. The Morgan fingerprint density at radius 2 is 2.15 bits per heavy atom. The van der Waals surface area contributed by atoms with Crippen molar-refractivity contribution >= 4 is 43.0 Å². The second-order valence-corrected chi connectivity index (χ2v) is 4.41. The standard InChI is InChI=1S/C9H8BrNOS/c10-4-6-2-7(11)1-5-3-8(12)13-9(5)6/h1-3,12H,4,11H2. The van der Waals surface area contributed by atoms with Crippen molar-refractivity contribution in [3.05, 3.63) is 23.8 Å². The van der Waals surface area contributed by atoms with Gasteiger partial charge in [-0.15, -0.1) is 0 Å². The molecule has 0 radical (unpaired) electrons. The van der Waals surface area contributed by atoms with E-state index in [-0.39, 0.29) is 0 Å². The molecule has 2 nitrogen and oxygen atoms in total. The van der Waals surface area contributed by atoms with Crippen LogP contribution in [0.4, 0.5) is 5.69 Å². The van der Waals surface area contributed by atoms with Crippen molar-refractivity contribution in [1.82, 2.24) is 0 Å².